The molecule has 3 atom stereocenters. The van der Waals surface area contributed by atoms with E-state index in [2.05, 4.69) is 52.4 Å². The monoisotopic (exact) mass is 311 g/mol. The van der Waals surface area contributed by atoms with Crippen molar-refractivity contribution >= 4 is 15.9 Å². The molecule has 0 radical (unpaired) electrons. The van der Waals surface area contributed by atoms with Gasteiger partial charge in [-0.05, 0) is 37.5 Å². The Morgan fingerprint density at radius 1 is 1.22 bits per heavy atom. The van der Waals surface area contributed by atoms with Crippen LogP contribution in [0.15, 0.2) is 28.7 Å². The van der Waals surface area contributed by atoms with E-state index in [-0.39, 0.29) is 0 Å². The summed E-state index contributed by atoms with van der Waals surface area (Å²) in [5, 5.41) is 3.72. The second-order valence-corrected chi connectivity index (χ2v) is 6.02. The number of ether oxygens (including phenoxy) is 1. The number of benzene rings is 1. The molecule has 0 aliphatic heterocycles. The van der Waals surface area contributed by atoms with E-state index in [1.54, 1.807) is 0 Å². The van der Waals surface area contributed by atoms with E-state index in [0.717, 1.165) is 4.47 Å². The van der Waals surface area contributed by atoms with Gasteiger partial charge in [-0.15, -0.1) is 0 Å². The predicted molar refractivity (Wildman–Crippen MR) is 78.7 cm³/mol. The van der Waals surface area contributed by atoms with E-state index >= 15 is 0 Å². The molecular weight excluding hydrogens is 290 g/mol. The molecule has 0 heterocycles. The molecule has 2 unspecified atom stereocenters. The SMILES string of the molecule is COC1CCCCC1N[C@H](C)c1ccc(Br)cc1. The highest BCUT2D eigenvalue weighted by Gasteiger charge is 2.25. The van der Waals surface area contributed by atoms with Crippen molar-refractivity contribution < 1.29 is 4.74 Å². The summed E-state index contributed by atoms with van der Waals surface area (Å²) >= 11 is 3.47. The molecule has 0 amide bonds. The zero-order valence-corrected chi connectivity index (χ0v) is 12.7. The summed E-state index contributed by atoms with van der Waals surface area (Å²) in [4.78, 5) is 0. The van der Waals surface area contributed by atoms with Gasteiger partial charge in [-0.2, -0.15) is 0 Å². The number of hydrogen-bond donors (Lipinski definition) is 1. The summed E-state index contributed by atoms with van der Waals surface area (Å²) in [7, 11) is 1.83. The van der Waals surface area contributed by atoms with Crippen LogP contribution in [0.5, 0.6) is 0 Å². The lowest BCUT2D eigenvalue weighted by Crippen LogP contribution is -2.44. The molecule has 1 N–H and O–H groups in total. The Kier molecular flexibility index (Phi) is 5.22. The molecule has 0 bridgehead atoms. The van der Waals surface area contributed by atoms with Crippen molar-refractivity contribution in [1.82, 2.24) is 5.32 Å². The van der Waals surface area contributed by atoms with Crippen LogP contribution < -0.4 is 5.32 Å². The average Bonchev–Trinajstić information content (AvgIpc) is 2.40. The fraction of sp³-hybridized carbons (Fsp3) is 0.600. The third-order valence-corrected chi connectivity index (χ3v) is 4.37. The zero-order valence-electron chi connectivity index (χ0n) is 11.2. The van der Waals surface area contributed by atoms with Gasteiger partial charge >= 0.3 is 0 Å². The quantitative estimate of drug-likeness (QED) is 0.905. The Morgan fingerprint density at radius 2 is 1.89 bits per heavy atom. The molecule has 2 rings (SSSR count). The molecule has 1 aromatic rings. The van der Waals surface area contributed by atoms with Gasteiger partial charge in [0.05, 0.1) is 6.10 Å². The van der Waals surface area contributed by atoms with E-state index in [1.165, 1.54) is 31.2 Å². The van der Waals surface area contributed by atoms with E-state index < -0.39 is 0 Å². The first-order valence-corrected chi connectivity index (χ1v) is 7.54. The van der Waals surface area contributed by atoms with Gasteiger partial charge in [0.2, 0.25) is 0 Å². The van der Waals surface area contributed by atoms with Crippen LogP contribution in [-0.2, 0) is 4.74 Å². The summed E-state index contributed by atoms with van der Waals surface area (Å²) < 4.78 is 6.72. The normalized spacial score (nSPS) is 25.9. The summed E-state index contributed by atoms with van der Waals surface area (Å²) in [6.07, 6.45) is 5.38. The Bertz CT molecular complexity index is 365. The van der Waals surface area contributed by atoms with Crippen molar-refractivity contribution in [2.45, 2.75) is 50.8 Å². The minimum absolute atomic E-state index is 0.372. The molecule has 0 saturated heterocycles. The molecule has 0 aromatic heterocycles. The lowest BCUT2D eigenvalue weighted by atomic mass is 9.91. The van der Waals surface area contributed by atoms with Crippen LogP contribution in [0.25, 0.3) is 0 Å². The van der Waals surface area contributed by atoms with Crippen LogP contribution in [-0.4, -0.2) is 19.3 Å². The van der Waals surface area contributed by atoms with Crippen LogP contribution >= 0.6 is 15.9 Å². The highest BCUT2D eigenvalue weighted by Crippen LogP contribution is 2.24. The Balaban J connectivity index is 1.97. The van der Waals surface area contributed by atoms with Crippen molar-refractivity contribution in [3.8, 4) is 0 Å². The zero-order chi connectivity index (χ0) is 13.0. The van der Waals surface area contributed by atoms with E-state index in [9.17, 15) is 0 Å². The maximum atomic E-state index is 5.59. The number of nitrogens with one attached hydrogen (secondary N) is 1. The van der Waals surface area contributed by atoms with Crippen LogP contribution in [0.2, 0.25) is 0 Å². The molecule has 1 saturated carbocycles. The maximum Gasteiger partial charge on any atom is 0.0724 e. The summed E-state index contributed by atoms with van der Waals surface area (Å²) in [5.74, 6) is 0. The largest absolute Gasteiger partial charge is 0.380 e. The second-order valence-electron chi connectivity index (χ2n) is 5.11. The molecule has 1 aromatic carbocycles. The molecule has 3 heteroatoms. The van der Waals surface area contributed by atoms with Crippen LogP contribution in [0, 0.1) is 0 Å². The fourth-order valence-corrected chi connectivity index (χ4v) is 3.00. The first kappa shape index (κ1) is 14.0. The summed E-state index contributed by atoms with van der Waals surface area (Å²) in [6, 6.07) is 9.41. The predicted octanol–water partition coefficient (Wildman–Crippen LogP) is 4.06. The van der Waals surface area contributed by atoms with Gasteiger partial charge in [-0.25, -0.2) is 0 Å². The summed E-state index contributed by atoms with van der Waals surface area (Å²) in [6.45, 7) is 2.23. The molecule has 1 aliphatic carbocycles. The number of halogens is 1. The highest BCUT2D eigenvalue weighted by atomic mass is 79.9. The Labute approximate surface area is 118 Å². The first-order valence-electron chi connectivity index (χ1n) is 6.75. The van der Waals surface area contributed by atoms with Gasteiger partial charge in [0.25, 0.3) is 0 Å². The van der Waals surface area contributed by atoms with Gasteiger partial charge in [0.1, 0.15) is 0 Å². The maximum absolute atomic E-state index is 5.59. The van der Waals surface area contributed by atoms with E-state index in [1.807, 2.05) is 7.11 Å². The van der Waals surface area contributed by atoms with E-state index in [4.69, 9.17) is 4.74 Å². The van der Waals surface area contributed by atoms with Crippen molar-refractivity contribution in [3.63, 3.8) is 0 Å². The number of rotatable bonds is 4. The molecule has 18 heavy (non-hydrogen) atoms. The highest BCUT2D eigenvalue weighted by molar-refractivity contribution is 9.10. The minimum atomic E-state index is 0.372. The van der Waals surface area contributed by atoms with Gasteiger partial charge in [-0.1, -0.05) is 40.9 Å². The molecule has 1 fully saturated rings. The molecular formula is C15H22BrNO. The van der Waals surface area contributed by atoms with Crippen molar-refractivity contribution in [2.24, 2.45) is 0 Å². The Hall–Kier alpha value is -0.380. The van der Waals surface area contributed by atoms with Crippen LogP contribution in [0.1, 0.15) is 44.2 Å². The van der Waals surface area contributed by atoms with Gasteiger partial charge in [-0.3, -0.25) is 0 Å². The summed E-state index contributed by atoms with van der Waals surface area (Å²) in [5.41, 5.74) is 1.33. The number of methoxy groups -OCH3 is 1. The smallest absolute Gasteiger partial charge is 0.0724 e. The van der Waals surface area contributed by atoms with Crippen molar-refractivity contribution in [3.05, 3.63) is 34.3 Å². The minimum Gasteiger partial charge on any atom is -0.380 e. The Morgan fingerprint density at radius 3 is 2.56 bits per heavy atom. The van der Waals surface area contributed by atoms with Gasteiger partial charge in [0, 0.05) is 23.7 Å². The van der Waals surface area contributed by atoms with Crippen molar-refractivity contribution in [1.29, 1.82) is 0 Å². The lowest BCUT2D eigenvalue weighted by molar-refractivity contribution is 0.0384. The molecule has 2 nitrogen and oxygen atoms in total. The molecule has 100 valence electrons. The topological polar surface area (TPSA) is 21.3 Å². The standard InChI is InChI=1S/C15H22BrNO/c1-11(12-7-9-13(16)10-8-12)17-14-5-3-4-6-15(14)18-2/h7-11,14-15,17H,3-6H2,1-2H3/t11-,14?,15?/m1/s1. The second kappa shape index (κ2) is 6.69. The van der Waals surface area contributed by atoms with Gasteiger partial charge < -0.3 is 10.1 Å². The fourth-order valence-electron chi connectivity index (χ4n) is 2.74. The third kappa shape index (κ3) is 3.56. The number of hydrogen-bond acceptors (Lipinski definition) is 2. The van der Waals surface area contributed by atoms with E-state index in [0.29, 0.717) is 18.2 Å². The van der Waals surface area contributed by atoms with Crippen LogP contribution in [0.4, 0.5) is 0 Å². The van der Waals surface area contributed by atoms with Crippen LogP contribution in [0.3, 0.4) is 0 Å². The average molecular weight is 312 g/mol. The third-order valence-electron chi connectivity index (χ3n) is 3.84. The molecule has 1 aliphatic rings. The molecule has 0 spiro atoms. The first-order chi connectivity index (χ1) is 8.70. The lowest BCUT2D eigenvalue weighted by Gasteiger charge is -2.33. The van der Waals surface area contributed by atoms with Crippen molar-refractivity contribution in [2.75, 3.05) is 7.11 Å². The van der Waals surface area contributed by atoms with Gasteiger partial charge in [0.15, 0.2) is 0 Å².